The third-order valence-corrected chi connectivity index (χ3v) is 2.91. The molecule has 0 atom stereocenters. The van der Waals surface area contributed by atoms with Crippen molar-refractivity contribution in [1.82, 2.24) is 10.2 Å². The molecule has 74 valence electrons. The van der Waals surface area contributed by atoms with Crippen molar-refractivity contribution < 1.29 is 5.11 Å². The van der Waals surface area contributed by atoms with Gasteiger partial charge in [-0.15, -0.1) is 0 Å². The standard InChI is InChI=1S/C10H12N2OS/c1-7-9(2-4-13)10(12-11-7)8-3-5-14-6-8/h3,5-6,13H,2,4H2,1H3,(H,11,12). The first kappa shape index (κ1) is 9.43. The lowest BCUT2D eigenvalue weighted by molar-refractivity contribution is 0.299. The van der Waals surface area contributed by atoms with Crippen molar-refractivity contribution in [1.29, 1.82) is 0 Å². The predicted molar refractivity (Wildman–Crippen MR) is 57.4 cm³/mol. The first-order chi connectivity index (χ1) is 6.83. The van der Waals surface area contributed by atoms with Gasteiger partial charge in [0, 0.05) is 28.8 Å². The molecule has 0 aliphatic rings. The van der Waals surface area contributed by atoms with Crippen LogP contribution in [0.3, 0.4) is 0 Å². The van der Waals surface area contributed by atoms with Crippen LogP contribution in [-0.4, -0.2) is 21.9 Å². The average Bonchev–Trinajstić information content (AvgIpc) is 2.77. The van der Waals surface area contributed by atoms with Crippen LogP contribution in [0.25, 0.3) is 11.3 Å². The first-order valence-corrected chi connectivity index (χ1v) is 5.44. The number of nitrogens with one attached hydrogen (secondary N) is 1. The van der Waals surface area contributed by atoms with Crippen LogP contribution in [0.2, 0.25) is 0 Å². The van der Waals surface area contributed by atoms with Crippen LogP contribution in [-0.2, 0) is 6.42 Å². The number of aliphatic hydroxyl groups excluding tert-OH is 1. The third kappa shape index (κ3) is 1.58. The van der Waals surface area contributed by atoms with Gasteiger partial charge in [0.2, 0.25) is 0 Å². The highest BCUT2D eigenvalue weighted by Gasteiger charge is 2.11. The summed E-state index contributed by atoms with van der Waals surface area (Å²) >= 11 is 1.65. The van der Waals surface area contributed by atoms with E-state index in [1.807, 2.05) is 18.4 Å². The molecule has 0 radical (unpaired) electrons. The Bertz CT molecular complexity index is 406. The topological polar surface area (TPSA) is 48.9 Å². The van der Waals surface area contributed by atoms with Gasteiger partial charge in [0.05, 0.1) is 5.69 Å². The SMILES string of the molecule is Cc1[nH]nc(-c2ccsc2)c1CCO. The van der Waals surface area contributed by atoms with E-state index in [2.05, 4.69) is 15.6 Å². The smallest absolute Gasteiger partial charge is 0.0964 e. The van der Waals surface area contributed by atoms with Crippen LogP contribution in [0.15, 0.2) is 16.8 Å². The Morgan fingerprint density at radius 3 is 3.07 bits per heavy atom. The van der Waals surface area contributed by atoms with Crippen molar-refractivity contribution in [3.05, 3.63) is 28.1 Å². The minimum atomic E-state index is 0.164. The second-order valence-corrected chi connectivity index (χ2v) is 3.94. The summed E-state index contributed by atoms with van der Waals surface area (Å²) < 4.78 is 0. The fraction of sp³-hybridized carbons (Fsp3) is 0.300. The number of aliphatic hydroxyl groups is 1. The molecular weight excluding hydrogens is 196 g/mol. The summed E-state index contributed by atoms with van der Waals surface area (Å²) in [6.07, 6.45) is 0.660. The van der Waals surface area contributed by atoms with Crippen LogP contribution in [0.4, 0.5) is 0 Å². The molecule has 0 aliphatic carbocycles. The Morgan fingerprint density at radius 1 is 1.57 bits per heavy atom. The predicted octanol–water partition coefficient (Wildman–Crippen LogP) is 1.98. The maximum absolute atomic E-state index is 8.95. The third-order valence-electron chi connectivity index (χ3n) is 2.23. The summed E-state index contributed by atoms with van der Waals surface area (Å²) in [6.45, 7) is 2.14. The Labute approximate surface area is 86.4 Å². The average molecular weight is 208 g/mol. The van der Waals surface area contributed by atoms with E-state index in [0.717, 1.165) is 22.5 Å². The van der Waals surface area contributed by atoms with E-state index < -0.39 is 0 Å². The lowest BCUT2D eigenvalue weighted by atomic mass is 10.1. The number of aromatic nitrogens is 2. The van der Waals surface area contributed by atoms with Gasteiger partial charge in [-0.1, -0.05) is 0 Å². The number of nitrogens with zero attached hydrogens (tertiary/aromatic N) is 1. The number of H-pyrrole nitrogens is 1. The number of hydrogen-bond acceptors (Lipinski definition) is 3. The molecule has 0 saturated heterocycles. The molecule has 2 aromatic rings. The molecule has 3 nitrogen and oxygen atoms in total. The van der Waals surface area contributed by atoms with E-state index in [9.17, 15) is 0 Å². The second kappa shape index (κ2) is 3.94. The molecular formula is C10H12N2OS. The highest BCUT2D eigenvalue weighted by atomic mass is 32.1. The molecule has 0 saturated carbocycles. The molecule has 2 aromatic heterocycles. The molecule has 0 aromatic carbocycles. The highest BCUT2D eigenvalue weighted by molar-refractivity contribution is 7.08. The number of aryl methyl sites for hydroxylation is 1. The van der Waals surface area contributed by atoms with Gasteiger partial charge in [0.25, 0.3) is 0 Å². The van der Waals surface area contributed by atoms with Crippen molar-refractivity contribution in [3.63, 3.8) is 0 Å². The van der Waals surface area contributed by atoms with Gasteiger partial charge < -0.3 is 5.11 Å². The van der Waals surface area contributed by atoms with E-state index >= 15 is 0 Å². The molecule has 0 unspecified atom stereocenters. The van der Waals surface area contributed by atoms with E-state index in [1.165, 1.54) is 0 Å². The second-order valence-electron chi connectivity index (χ2n) is 3.16. The first-order valence-electron chi connectivity index (χ1n) is 4.50. The number of hydrogen-bond donors (Lipinski definition) is 2. The molecule has 0 bridgehead atoms. The molecule has 0 spiro atoms. The van der Waals surface area contributed by atoms with Gasteiger partial charge in [-0.2, -0.15) is 16.4 Å². The van der Waals surface area contributed by atoms with Gasteiger partial charge in [-0.3, -0.25) is 5.10 Å². The van der Waals surface area contributed by atoms with Crippen LogP contribution < -0.4 is 0 Å². The summed E-state index contributed by atoms with van der Waals surface area (Å²) in [4.78, 5) is 0. The van der Waals surface area contributed by atoms with Crippen molar-refractivity contribution in [2.24, 2.45) is 0 Å². The molecule has 4 heteroatoms. The Hall–Kier alpha value is -1.13. The van der Waals surface area contributed by atoms with Gasteiger partial charge in [0.15, 0.2) is 0 Å². The highest BCUT2D eigenvalue weighted by Crippen LogP contribution is 2.25. The molecule has 2 N–H and O–H groups in total. The van der Waals surface area contributed by atoms with Gasteiger partial charge in [-0.25, -0.2) is 0 Å². The van der Waals surface area contributed by atoms with Crippen LogP contribution in [0, 0.1) is 6.92 Å². The maximum Gasteiger partial charge on any atom is 0.0964 e. The van der Waals surface area contributed by atoms with E-state index in [-0.39, 0.29) is 6.61 Å². The summed E-state index contributed by atoms with van der Waals surface area (Å²) in [7, 11) is 0. The molecule has 0 aliphatic heterocycles. The summed E-state index contributed by atoms with van der Waals surface area (Å²) in [5, 5.41) is 20.2. The van der Waals surface area contributed by atoms with Crippen molar-refractivity contribution >= 4 is 11.3 Å². The summed E-state index contributed by atoms with van der Waals surface area (Å²) in [6, 6.07) is 2.04. The van der Waals surface area contributed by atoms with Gasteiger partial charge >= 0.3 is 0 Å². The molecule has 0 amide bonds. The van der Waals surface area contributed by atoms with Crippen LogP contribution >= 0.6 is 11.3 Å². The molecule has 2 heterocycles. The monoisotopic (exact) mass is 208 g/mol. The number of aromatic amines is 1. The van der Waals surface area contributed by atoms with Crippen LogP contribution in [0.1, 0.15) is 11.3 Å². The summed E-state index contributed by atoms with van der Waals surface area (Å²) in [5.41, 5.74) is 4.26. The fourth-order valence-corrected chi connectivity index (χ4v) is 2.15. The van der Waals surface area contributed by atoms with E-state index in [1.54, 1.807) is 11.3 Å². The van der Waals surface area contributed by atoms with E-state index in [4.69, 9.17) is 5.11 Å². The quantitative estimate of drug-likeness (QED) is 0.810. The Balaban J connectivity index is 2.43. The van der Waals surface area contributed by atoms with Crippen molar-refractivity contribution in [2.75, 3.05) is 6.61 Å². The van der Waals surface area contributed by atoms with E-state index in [0.29, 0.717) is 6.42 Å². The molecule has 0 fully saturated rings. The normalized spacial score (nSPS) is 10.7. The minimum Gasteiger partial charge on any atom is -0.396 e. The summed E-state index contributed by atoms with van der Waals surface area (Å²) in [5.74, 6) is 0. The zero-order valence-electron chi connectivity index (χ0n) is 7.95. The fourth-order valence-electron chi connectivity index (χ4n) is 1.51. The molecule has 14 heavy (non-hydrogen) atoms. The minimum absolute atomic E-state index is 0.164. The Kier molecular flexibility index (Phi) is 2.65. The number of thiophene rings is 1. The zero-order chi connectivity index (χ0) is 9.97. The van der Waals surface area contributed by atoms with Crippen molar-refractivity contribution in [2.45, 2.75) is 13.3 Å². The zero-order valence-corrected chi connectivity index (χ0v) is 8.77. The lowest BCUT2D eigenvalue weighted by Crippen LogP contribution is -1.93. The largest absolute Gasteiger partial charge is 0.396 e. The molecule has 2 rings (SSSR count). The van der Waals surface area contributed by atoms with Gasteiger partial charge in [-0.05, 0) is 24.8 Å². The lowest BCUT2D eigenvalue weighted by Gasteiger charge is -1.98. The maximum atomic E-state index is 8.95. The Morgan fingerprint density at radius 2 is 2.43 bits per heavy atom. The van der Waals surface area contributed by atoms with Gasteiger partial charge in [0.1, 0.15) is 0 Å². The number of rotatable bonds is 3. The van der Waals surface area contributed by atoms with Crippen LogP contribution in [0.5, 0.6) is 0 Å². The van der Waals surface area contributed by atoms with Crippen molar-refractivity contribution in [3.8, 4) is 11.3 Å².